The Morgan fingerprint density at radius 3 is 3.18 bits per heavy atom. The third kappa shape index (κ3) is 2.39. The minimum atomic E-state index is 0.618. The van der Waals surface area contributed by atoms with Crippen LogP contribution in [0.25, 0.3) is 10.8 Å². The normalized spacial score (nSPS) is 20.4. The smallest absolute Gasteiger partial charge is 0.0423 e. The second-order valence-corrected chi connectivity index (χ2v) is 5.61. The lowest BCUT2D eigenvalue weighted by Gasteiger charge is -2.24. The lowest BCUT2D eigenvalue weighted by molar-refractivity contribution is 0.686. The van der Waals surface area contributed by atoms with Crippen LogP contribution in [0.4, 0.5) is 5.69 Å². The number of hydrogen-bond acceptors (Lipinski definition) is 3. The zero-order valence-electron chi connectivity index (χ0n) is 9.73. The van der Waals surface area contributed by atoms with E-state index in [2.05, 4.69) is 46.3 Å². The zero-order chi connectivity index (χ0) is 11.5. The lowest BCUT2D eigenvalue weighted by atomic mass is 10.1. The van der Waals surface area contributed by atoms with Gasteiger partial charge in [0.2, 0.25) is 0 Å². The summed E-state index contributed by atoms with van der Waals surface area (Å²) in [6.45, 7) is 0. The fraction of sp³-hybridized carbons (Fsp3) is 0.357. The van der Waals surface area contributed by atoms with Gasteiger partial charge in [-0.3, -0.25) is 4.98 Å². The number of anilines is 1. The summed E-state index contributed by atoms with van der Waals surface area (Å²) in [6, 6.07) is 9.09. The average Bonchev–Trinajstić information content (AvgIpc) is 2.40. The SMILES string of the molecule is c1cc(NC2CCCSC2)c2ccncc2c1. The summed E-state index contributed by atoms with van der Waals surface area (Å²) >= 11 is 2.05. The van der Waals surface area contributed by atoms with Crippen LogP contribution >= 0.6 is 11.8 Å². The van der Waals surface area contributed by atoms with Crippen molar-refractivity contribution >= 4 is 28.2 Å². The highest BCUT2D eigenvalue weighted by molar-refractivity contribution is 7.99. The van der Waals surface area contributed by atoms with E-state index in [0.717, 1.165) is 0 Å². The third-order valence-electron chi connectivity index (χ3n) is 3.20. The first-order valence-electron chi connectivity index (χ1n) is 6.10. The second-order valence-electron chi connectivity index (χ2n) is 4.46. The highest BCUT2D eigenvalue weighted by Gasteiger charge is 2.14. The lowest BCUT2D eigenvalue weighted by Crippen LogP contribution is -2.25. The molecule has 2 heterocycles. The van der Waals surface area contributed by atoms with Gasteiger partial charge in [-0.25, -0.2) is 0 Å². The highest BCUT2D eigenvalue weighted by Crippen LogP contribution is 2.26. The summed E-state index contributed by atoms with van der Waals surface area (Å²) in [5.41, 5.74) is 1.25. The Labute approximate surface area is 106 Å². The van der Waals surface area contributed by atoms with Crippen molar-refractivity contribution in [2.24, 2.45) is 0 Å². The molecule has 2 nitrogen and oxygen atoms in total. The van der Waals surface area contributed by atoms with Crippen molar-refractivity contribution in [1.82, 2.24) is 4.98 Å². The minimum Gasteiger partial charge on any atom is -0.381 e. The number of hydrogen-bond donors (Lipinski definition) is 1. The maximum Gasteiger partial charge on any atom is 0.0423 e. The fourth-order valence-corrected chi connectivity index (χ4v) is 3.39. The van der Waals surface area contributed by atoms with Crippen molar-refractivity contribution in [2.75, 3.05) is 16.8 Å². The monoisotopic (exact) mass is 244 g/mol. The van der Waals surface area contributed by atoms with Crippen LogP contribution in [0.5, 0.6) is 0 Å². The standard InChI is InChI=1S/C14H16N2S/c1-3-11-9-15-7-6-13(11)14(5-1)16-12-4-2-8-17-10-12/h1,3,5-7,9,12,16H,2,4,8,10H2. The number of aromatic nitrogens is 1. The summed E-state index contributed by atoms with van der Waals surface area (Å²) in [5.74, 6) is 2.54. The van der Waals surface area contributed by atoms with E-state index in [4.69, 9.17) is 0 Å². The van der Waals surface area contributed by atoms with Gasteiger partial charge in [0.15, 0.2) is 0 Å². The van der Waals surface area contributed by atoms with Crippen molar-refractivity contribution in [3.05, 3.63) is 36.7 Å². The number of rotatable bonds is 2. The molecule has 1 N–H and O–H groups in total. The van der Waals surface area contributed by atoms with Crippen LogP contribution in [-0.2, 0) is 0 Å². The molecule has 17 heavy (non-hydrogen) atoms. The number of pyridine rings is 1. The molecule has 1 aromatic heterocycles. The van der Waals surface area contributed by atoms with Crippen LogP contribution in [0.1, 0.15) is 12.8 Å². The summed E-state index contributed by atoms with van der Waals surface area (Å²) in [7, 11) is 0. The van der Waals surface area contributed by atoms with Gasteiger partial charge in [0.25, 0.3) is 0 Å². The second kappa shape index (κ2) is 4.96. The van der Waals surface area contributed by atoms with Gasteiger partial charge >= 0.3 is 0 Å². The Bertz CT molecular complexity index is 501. The van der Waals surface area contributed by atoms with E-state index in [0.29, 0.717) is 6.04 Å². The zero-order valence-corrected chi connectivity index (χ0v) is 10.5. The van der Waals surface area contributed by atoms with Crippen molar-refractivity contribution in [1.29, 1.82) is 0 Å². The summed E-state index contributed by atoms with van der Waals surface area (Å²) in [4.78, 5) is 4.17. The quantitative estimate of drug-likeness (QED) is 0.874. The predicted molar refractivity (Wildman–Crippen MR) is 75.7 cm³/mol. The van der Waals surface area contributed by atoms with Crippen molar-refractivity contribution in [2.45, 2.75) is 18.9 Å². The molecular weight excluding hydrogens is 228 g/mol. The number of nitrogens with zero attached hydrogens (tertiary/aromatic N) is 1. The van der Waals surface area contributed by atoms with Gasteiger partial charge in [0.1, 0.15) is 0 Å². The molecule has 0 bridgehead atoms. The molecule has 1 saturated heterocycles. The van der Waals surface area contributed by atoms with Crippen molar-refractivity contribution < 1.29 is 0 Å². The molecule has 88 valence electrons. The van der Waals surface area contributed by atoms with E-state index in [1.165, 1.54) is 40.8 Å². The molecule has 0 saturated carbocycles. The van der Waals surface area contributed by atoms with E-state index < -0.39 is 0 Å². The highest BCUT2D eigenvalue weighted by atomic mass is 32.2. The molecule has 1 fully saturated rings. The van der Waals surface area contributed by atoms with Crippen LogP contribution in [0, 0.1) is 0 Å². The summed E-state index contributed by atoms with van der Waals surface area (Å²) < 4.78 is 0. The molecule has 0 radical (unpaired) electrons. The number of fused-ring (bicyclic) bond motifs is 1. The summed E-state index contributed by atoms with van der Waals surface area (Å²) in [6.07, 6.45) is 6.41. The Balaban J connectivity index is 1.89. The van der Waals surface area contributed by atoms with Gasteiger partial charge in [-0.15, -0.1) is 0 Å². The van der Waals surface area contributed by atoms with Crippen LogP contribution in [0.15, 0.2) is 36.7 Å². The van der Waals surface area contributed by atoms with E-state index in [1.54, 1.807) is 0 Å². The first kappa shape index (κ1) is 10.9. The van der Waals surface area contributed by atoms with Crippen LogP contribution in [0.3, 0.4) is 0 Å². The van der Waals surface area contributed by atoms with Gasteiger partial charge in [-0.2, -0.15) is 11.8 Å². The Morgan fingerprint density at radius 2 is 2.29 bits per heavy atom. The molecule has 1 aliphatic heterocycles. The average molecular weight is 244 g/mol. The van der Waals surface area contributed by atoms with Crippen LogP contribution in [0.2, 0.25) is 0 Å². The molecule has 0 spiro atoms. The number of nitrogens with one attached hydrogen (secondary N) is 1. The molecule has 2 aromatic rings. The largest absolute Gasteiger partial charge is 0.381 e. The van der Waals surface area contributed by atoms with Crippen molar-refractivity contribution in [3.63, 3.8) is 0 Å². The first-order valence-corrected chi connectivity index (χ1v) is 7.26. The van der Waals surface area contributed by atoms with E-state index in [1.807, 2.05) is 12.4 Å². The Kier molecular flexibility index (Phi) is 3.18. The molecule has 1 atom stereocenters. The van der Waals surface area contributed by atoms with Crippen LogP contribution in [-0.4, -0.2) is 22.5 Å². The van der Waals surface area contributed by atoms with E-state index >= 15 is 0 Å². The Morgan fingerprint density at radius 1 is 1.29 bits per heavy atom. The van der Waals surface area contributed by atoms with Crippen molar-refractivity contribution in [3.8, 4) is 0 Å². The number of benzene rings is 1. The first-order chi connectivity index (χ1) is 8.43. The molecular formula is C14H16N2S. The molecule has 3 rings (SSSR count). The van der Waals surface area contributed by atoms with Crippen LogP contribution < -0.4 is 5.32 Å². The molecule has 1 aliphatic rings. The molecule has 0 amide bonds. The molecule has 3 heteroatoms. The molecule has 1 aromatic carbocycles. The maximum absolute atomic E-state index is 4.17. The third-order valence-corrected chi connectivity index (χ3v) is 4.42. The van der Waals surface area contributed by atoms with Gasteiger partial charge < -0.3 is 5.32 Å². The Hall–Kier alpha value is -1.22. The molecule has 1 unspecified atom stereocenters. The molecule has 0 aliphatic carbocycles. The predicted octanol–water partition coefficient (Wildman–Crippen LogP) is 3.54. The topological polar surface area (TPSA) is 24.9 Å². The van der Waals surface area contributed by atoms with Gasteiger partial charge in [0, 0.05) is 40.6 Å². The number of thioether (sulfide) groups is 1. The fourth-order valence-electron chi connectivity index (χ4n) is 2.32. The van der Waals surface area contributed by atoms with Gasteiger partial charge in [-0.1, -0.05) is 12.1 Å². The van der Waals surface area contributed by atoms with Gasteiger partial charge in [-0.05, 0) is 30.7 Å². The summed E-state index contributed by atoms with van der Waals surface area (Å²) in [5, 5.41) is 6.16. The maximum atomic E-state index is 4.17. The van der Waals surface area contributed by atoms with E-state index in [-0.39, 0.29) is 0 Å². The van der Waals surface area contributed by atoms with Gasteiger partial charge in [0.05, 0.1) is 0 Å². The minimum absolute atomic E-state index is 0.618. The van der Waals surface area contributed by atoms with E-state index in [9.17, 15) is 0 Å².